The lowest BCUT2D eigenvalue weighted by Crippen LogP contribution is -2.36. The van der Waals surface area contributed by atoms with Gasteiger partial charge in [0.05, 0.1) is 5.56 Å². The minimum absolute atomic E-state index is 0.215. The molecule has 0 radical (unpaired) electrons. The van der Waals surface area contributed by atoms with Crippen LogP contribution in [0.2, 0.25) is 5.02 Å². The molecule has 138 valence electrons. The Kier molecular flexibility index (Phi) is 6.26. The van der Waals surface area contributed by atoms with Crippen molar-refractivity contribution in [3.63, 3.8) is 0 Å². The first-order chi connectivity index (χ1) is 12.1. The van der Waals surface area contributed by atoms with Crippen molar-refractivity contribution in [2.45, 2.75) is 19.6 Å². The molecule has 0 atom stereocenters. The van der Waals surface area contributed by atoms with E-state index < -0.39 is 17.6 Å². The van der Waals surface area contributed by atoms with E-state index in [0.717, 1.165) is 29.8 Å². The smallest absolute Gasteiger partial charge is 0.329 e. The van der Waals surface area contributed by atoms with Crippen LogP contribution in [0, 0.1) is 0 Å². The largest absolute Gasteiger partial charge is 0.416 e. The number of carbonyl (C=O) groups is 2. The molecular formula is C18H16ClF3N2O2. The average Bonchev–Trinajstić information content (AvgIpc) is 2.55. The highest BCUT2D eigenvalue weighted by Crippen LogP contribution is 2.29. The first-order valence-electron chi connectivity index (χ1n) is 7.62. The zero-order valence-electron chi connectivity index (χ0n) is 13.8. The SMILES string of the molecule is CC(=O)N(CC(=O)Nc1ccc(C(F)(F)F)cc1)Cc1ccc(Cl)cc1. The average molecular weight is 385 g/mol. The van der Waals surface area contributed by atoms with Crippen molar-refractivity contribution < 1.29 is 22.8 Å². The molecule has 0 saturated carbocycles. The number of benzene rings is 2. The lowest BCUT2D eigenvalue weighted by Gasteiger charge is -2.20. The van der Waals surface area contributed by atoms with Crippen LogP contribution in [0.15, 0.2) is 48.5 Å². The molecule has 2 aromatic carbocycles. The Morgan fingerprint density at radius 3 is 2.12 bits per heavy atom. The van der Waals surface area contributed by atoms with Crippen LogP contribution >= 0.6 is 11.6 Å². The van der Waals surface area contributed by atoms with Crippen LogP contribution in [0.25, 0.3) is 0 Å². The van der Waals surface area contributed by atoms with Crippen LogP contribution in [-0.2, 0) is 22.3 Å². The maximum atomic E-state index is 12.5. The Labute approximate surface area is 153 Å². The Morgan fingerprint density at radius 2 is 1.62 bits per heavy atom. The summed E-state index contributed by atoms with van der Waals surface area (Å²) in [4.78, 5) is 25.2. The van der Waals surface area contributed by atoms with Crippen molar-refractivity contribution in [1.82, 2.24) is 4.90 Å². The summed E-state index contributed by atoms with van der Waals surface area (Å²) in [5.74, 6) is -0.809. The predicted octanol–water partition coefficient (Wildman–Crippen LogP) is 4.35. The summed E-state index contributed by atoms with van der Waals surface area (Å²) in [5.41, 5.74) is 0.216. The van der Waals surface area contributed by atoms with Crippen molar-refractivity contribution >= 4 is 29.1 Å². The molecule has 2 rings (SSSR count). The fraction of sp³-hybridized carbons (Fsp3) is 0.222. The number of hydrogen-bond donors (Lipinski definition) is 1. The predicted molar refractivity (Wildman–Crippen MR) is 92.6 cm³/mol. The molecule has 0 aromatic heterocycles. The zero-order valence-corrected chi connectivity index (χ0v) is 14.6. The summed E-state index contributed by atoms with van der Waals surface area (Å²) in [6, 6.07) is 10.9. The van der Waals surface area contributed by atoms with Crippen molar-refractivity contribution in [3.8, 4) is 0 Å². The third kappa shape index (κ3) is 5.77. The van der Waals surface area contributed by atoms with Gasteiger partial charge in [0.1, 0.15) is 6.54 Å². The van der Waals surface area contributed by atoms with E-state index in [1.807, 2.05) is 0 Å². The highest BCUT2D eigenvalue weighted by Gasteiger charge is 2.30. The van der Waals surface area contributed by atoms with Crippen molar-refractivity contribution in [1.29, 1.82) is 0 Å². The standard InChI is InChI=1S/C18H16ClF3N2O2/c1-12(25)24(10-13-2-6-15(19)7-3-13)11-17(26)23-16-8-4-14(5-9-16)18(20,21)22/h2-9H,10-11H2,1H3,(H,23,26). The lowest BCUT2D eigenvalue weighted by atomic mass is 10.2. The first-order valence-corrected chi connectivity index (χ1v) is 8.00. The third-order valence-corrected chi connectivity index (χ3v) is 3.81. The number of hydrogen-bond acceptors (Lipinski definition) is 2. The van der Waals surface area contributed by atoms with Gasteiger partial charge in [-0.05, 0) is 42.0 Å². The van der Waals surface area contributed by atoms with Gasteiger partial charge in [0, 0.05) is 24.2 Å². The molecule has 26 heavy (non-hydrogen) atoms. The maximum Gasteiger partial charge on any atom is 0.416 e. The highest BCUT2D eigenvalue weighted by molar-refractivity contribution is 6.30. The second-order valence-electron chi connectivity index (χ2n) is 5.62. The van der Waals surface area contributed by atoms with Gasteiger partial charge in [-0.3, -0.25) is 9.59 Å². The summed E-state index contributed by atoms with van der Waals surface area (Å²) in [7, 11) is 0. The summed E-state index contributed by atoms with van der Waals surface area (Å²) in [6.45, 7) is 1.33. The third-order valence-electron chi connectivity index (χ3n) is 3.56. The zero-order chi connectivity index (χ0) is 19.3. The summed E-state index contributed by atoms with van der Waals surface area (Å²) >= 11 is 5.81. The fourth-order valence-electron chi connectivity index (χ4n) is 2.21. The monoisotopic (exact) mass is 384 g/mol. The summed E-state index contributed by atoms with van der Waals surface area (Å²) < 4.78 is 37.6. The van der Waals surface area contributed by atoms with Gasteiger partial charge in [-0.2, -0.15) is 13.2 Å². The normalized spacial score (nSPS) is 11.1. The topological polar surface area (TPSA) is 49.4 Å². The van der Waals surface area contributed by atoms with Crippen molar-refractivity contribution in [2.75, 3.05) is 11.9 Å². The van der Waals surface area contributed by atoms with Crippen molar-refractivity contribution in [3.05, 3.63) is 64.7 Å². The van der Waals surface area contributed by atoms with E-state index in [4.69, 9.17) is 11.6 Å². The van der Waals surface area contributed by atoms with Crippen LogP contribution in [0.5, 0.6) is 0 Å². The quantitative estimate of drug-likeness (QED) is 0.833. The molecule has 2 amide bonds. The molecule has 0 aliphatic heterocycles. The van der Waals surface area contributed by atoms with E-state index in [1.54, 1.807) is 24.3 Å². The van der Waals surface area contributed by atoms with E-state index in [2.05, 4.69) is 5.32 Å². The molecule has 0 heterocycles. The van der Waals surface area contributed by atoms with Crippen LogP contribution in [0.1, 0.15) is 18.1 Å². The van der Waals surface area contributed by atoms with Gasteiger partial charge >= 0.3 is 6.18 Å². The van der Waals surface area contributed by atoms with Gasteiger partial charge in [0.2, 0.25) is 11.8 Å². The highest BCUT2D eigenvalue weighted by atomic mass is 35.5. The van der Waals surface area contributed by atoms with Crippen LogP contribution in [-0.4, -0.2) is 23.3 Å². The van der Waals surface area contributed by atoms with E-state index in [9.17, 15) is 22.8 Å². The van der Waals surface area contributed by atoms with Gasteiger partial charge in [-0.1, -0.05) is 23.7 Å². The van der Waals surface area contributed by atoms with Crippen LogP contribution in [0.4, 0.5) is 18.9 Å². The molecule has 0 saturated heterocycles. The minimum atomic E-state index is -4.44. The molecule has 0 fully saturated rings. The number of nitrogens with one attached hydrogen (secondary N) is 1. The molecular weight excluding hydrogens is 369 g/mol. The molecule has 1 N–H and O–H groups in total. The van der Waals surface area contributed by atoms with E-state index >= 15 is 0 Å². The Morgan fingerprint density at radius 1 is 1.04 bits per heavy atom. The first kappa shape index (κ1) is 19.8. The fourth-order valence-corrected chi connectivity index (χ4v) is 2.33. The Bertz CT molecular complexity index is 775. The number of anilines is 1. The van der Waals surface area contributed by atoms with E-state index in [1.165, 1.54) is 11.8 Å². The Hall–Kier alpha value is -2.54. The lowest BCUT2D eigenvalue weighted by molar-refractivity contribution is -0.137. The van der Waals surface area contributed by atoms with Crippen LogP contribution < -0.4 is 5.32 Å². The molecule has 8 heteroatoms. The molecule has 4 nitrogen and oxygen atoms in total. The molecule has 0 aliphatic carbocycles. The van der Waals surface area contributed by atoms with Gasteiger partial charge in [-0.25, -0.2) is 0 Å². The van der Waals surface area contributed by atoms with Gasteiger partial charge < -0.3 is 10.2 Å². The minimum Gasteiger partial charge on any atom is -0.329 e. The number of carbonyl (C=O) groups excluding carboxylic acids is 2. The van der Waals surface area contributed by atoms with E-state index in [0.29, 0.717) is 5.02 Å². The second kappa shape index (κ2) is 8.23. The number of rotatable bonds is 5. The molecule has 0 bridgehead atoms. The second-order valence-corrected chi connectivity index (χ2v) is 6.06. The molecule has 0 spiro atoms. The van der Waals surface area contributed by atoms with E-state index in [-0.39, 0.29) is 24.7 Å². The molecule has 0 aliphatic rings. The Balaban J connectivity index is 1.99. The summed E-state index contributed by atoms with van der Waals surface area (Å²) in [6.07, 6.45) is -4.44. The molecule has 2 aromatic rings. The summed E-state index contributed by atoms with van der Waals surface area (Å²) in [5, 5.41) is 3.04. The van der Waals surface area contributed by atoms with Gasteiger partial charge in [-0.15, -0.1) is 0 Å². The maximum absolute atomic E-state index is 12.5. The number of amides is 2. The number of alkyl halides is 3. The van der Waals surface area contributed by atoms with Crippen LogP contribution in [0.3, 0.4) is 0 Å². The van der Waals surface area contributed by atoms with Crippen molar-refractivity contribution in [2.24, 2.45) is 0 Å². The van der Waals surface area contributed by atoms with Gasteiger partial charge in [0.25, 0.3) is 0 Å². The number of nitrogens with zero attached hydrogens (tertiary/aromatic N) is 1. The number of halogens is 4. The van der Waals surface area contributed by atoms with Gasteiger partial charge in [0.15, 0.2) is 0 Å². The molecule has 0 unspecified atom stereocenters.